The van der Waals surface area contributed by atoms with Crippen molar-refractivity contribution >= 4 is 28.6 Å². The van der Waals surface area contributed by atoms with Crippen LogP contribution in [0.4, 0.5) is 0 Å². The first kappa shape index (κ1) is 22.9. The lowest BCUT2D eigenvalue weighted by Gasteiger charge is -2.18. The SMILES string of the molecule is COc1ccccc1C(C)NC(=O)CSc1nc2ccccc2c(=O)n1CCC(C)C. The molecule has 0 radical (unpaired) electrons. The average Bonchev–Trinajstić information content (AvgIpc) is 2.77. The van der Waals surface area contributed by atoms with Gasteiger partial charge in [-0.25, -0.2) is 4.98 Å². The third kappa shape index (κ3) is 5.67. The maximum atomic E-state index is 13.0. The summed E-state index contributed by atoms with van der Waals surface area (Å²) in [6.07, 6.45) is 0.866. The largest absolute Gasteiger partial charge is 0.496 e. The van der Waals surface area contributed by atoms with Gasteiger partial charge in [0.1, 0.15) is 5.75 Å². The number of para-hydroxylation sites is 2. The molecule has 0 saturated heterocycles. The van der Waals surface area contributed by atoms with Crippen LogP contribution in [-0.2, 0) is 11.3 Å². The number of rotatable bonds is 9. The lowest BCUT2D eigenvalue weighted by atomic mass is 10.1. The first-order valence-electron chi connectivity index (χ1n) is 10.4. The number of nitrogens with zero attached hydrogens (tertiary/aromatic N) is 2. The number of carbonyl (C=O) groups excluding carboxylic acids is 1. The Morgan fingerprint density at radius 3 is 2.58 bits per heavy atom. The van der Waals surface area contributed by atoms with E-state index < -0.39 is 0 Å². The van der Waals surface area contributed by atoms with Gasteiger partial charge in [0.2, 0.25) is 5.91 Å². The highest BCUT2D eigenvalue weighted by atomic mass is 32.2. The number of ether oxygens (including phenoxy) is 1. The van der Waals surface area contributed by atoms with E-state index in [0.29, 0.717) is 28.5 Å². The molecular weight excluding hydrogens is 410 g/mol. The number of hydrogen-bond donors (Lipinski definition) is 1. The van der Waals surface area contributed by atoms with Gasteiger partial charge in [0.25, 0.3) is 5.56 Å². The first-order chi connectivity index (χ1) is 14.9. The van der Waals surface area contributed by atoms with E-state index in [9.17, 15) is 9.59 Å². The Morgan fingerprint density at radius 2 is 1.84 bits per heavy atom. The molecule has 2 aromatic carbocycles. The molecule has 6 nitrogen and oxygen atoms in total. The molecule has 164 valence electrons. The Morgan fingerprint density at radius 1 is 1.13 bits per heavy atom. The van der Waals surface area contributed by atoms with E-state index in [-0.39, 0.29) is 23.3 Å². The Kier molecular flexibility index (Phi) is 7.74. The summed E-state index contributed by atoms with van der Waals surface area (Å²) in [5, 5.41) is 4.18. The third-order valence-electron chi connectivity index (χ3n) is 5.07. The minimum absolute atomic E-state index is 0.0588. The van der Waals surface area contributed by atoms with Gasteiger partial charge in [0, 0.05) is 12.1 Å². The van der Waals surface area contributed by atoms with Gasteiger partial charge in [0.05, 0.1) is 29.8 Å². The monoisotopic (exact) mass is 439 g/mol. The number of amides is 1. The fourth-order valence-electron chi connectivity index (χ4n) is 3.36. The van der Waals surface area contributed by atoms with Crippen LogP contribution in [0.2, 0.25) is 0 Å². The maximum Gasteiger partial charge on any atom is 0.262 e. The lowest BCUT2D eigenvalue weighted by molar-refractivity contribution is -0.119. The van der Waals surface area contributed by atoms with Gasteiger partial charge in [-0.3, -0.25) is 14.2 Å². The van der Waals surface area contributed by atoms with Crippen molar-refractivity contribution in [2.45, 2.75) is 44.9 Å². The van der Waals surface area contributed by atoms with Gasteiger partial charge in [0.15, 0.2) is 5.16 Å². The minimum Gasteiger partial charge on any atom is -0.496 e. The Labute approximate surface area is 187 Å². The molecule has 0 saturated carbocycles. The Hall–Kier alpha value is -2.80. The highest BCUT2D eigenvalue weighted by molar-refractivity contribution is 7.99. The van der Waals surface area contributed by atoms with Crippen LogP contribution < -0.4 is 15.6 Å². The van der Waals surface area contributed by atoms with Crippen molar-refractivity contribution in [2.75, 3.05) is 12.9 Å². The van der Waals surface area contributed by atoms with Crippen LogP contribution in [-0.4, -0.2) is 28.3 Å². The van der Waals surface area contributed by atoms with E-state index in [2.05, 4.69) is 24.1 Å². The number of nitrogens with one attached hydrogen (secondary N) is 1. The molecule has 1 amide bonds. The van der Waals surface area contributed by atoms with Gasteiger partial charge >= 0.3 is 0 Å². The molecule has 1 aromatic heterocycles. The van der Waals surface area contributed by atoms with Crippen molar-refractivity contribution in [3.05, 3.63) is 64.4 Å². The standard InChI is InChI=1S/C24H29N3O3S/c1-16(2)13-14-27-23(29)19-10-5-7-11-20(19)26-24(27)31-15-22(28)25-17(3)18-9-6-8-12-21(18)30-4/h5-12,16-17H,13-15H2,1-4H3,(H,25,28). The molecule has 0 bridgehead atoms. The van der Waals surface area contributed by atoms with Crippen LogP contribution in [0, 0.1) is 5.92 Å². The van der Waals surface area contributed by atoms with Gasteiger partial charge in [-0.1, -0.05) is 55.9 Å². The summed E-state index contributed by atoms with van der Waals surface area (Å²) in [6.45, 7) is 6.75. The van der Waals surface area contributed by atoms with Crippen LogP contribution in [0.25, 0.3) is 10.9 Å². The smallest absolute Gasteiger partial charge is 0.262 e. The summed E-state index contributed by atoms with van der Waals surface area (Å²) in [5.74, 6) is 1.25. The van der Waals surface area contributed by atoms with E-state index in [4.69, 9.17) is 4.74 Å². The predicted octanol–water partition coefficient (Wildman–Crippen LogP) is 4.42. The average molecular weight is 440 g/mol. The van der Waals surface area contributed by atoms with E-state index in [1.165, 1.54) is 11.8 Å². The first-order valence-corrected chi connectivity index (χ1v) is 11.4. The van der Waals surface area contributed by atoms with Crippen LogP contribution in [0.1, 0.15) is 38.8 Å². The molecule has 0 spiro atoms. The zero-order chi connectivity index (χ0) is 22.4. The van der Waals surface area contributed by atoms with Crippen molar-refractivity contribution < 1.29 is 9.53 Å². The van der Waals surface area contributed by atoms with E-state index in [1.807, 2.05) is 49.4 Å². The molecule has 1 atom stereocenters. The molecule has 1 heterocycles. The highest BCUT2D eigenvalue weighted by Crippen LogP contribution is 2.25. The summed E-state index contributed by atoms with van der Waals surface area (Å²) in [5.41, 5.74) is 1.51. The number of carbonyl (C=O) groups is 1. The molecule has 0 fully saturated rings. The number of methoxy groups -OCH3 is 1. The van der Waals surface area contributed by atoms with Gasteiger partial charge in [-0.15, -0.1) is 0 Å². The summed E-state index contributed by atoms with van der Waals surface area (Å²) in [7, 11) is 1.62. The topological polar surface area (TPSA) is 73.2 Å². The van der Waals surface area contributed by atoms with E-state index in [1.54, 1.807) is 17.7 Å². The van der Waals surface area contributed by atoms with Gasteiger partial charge in [-0.2, -0.15) is 0 Å². The van der Waals surface area contributed by atoms with E-state index >= 15 is 0 Å². The molecule has 3 rings (SSSR count). The van der Waals surface area contributed by atoms with Crippen LogP contribution in [0.15, 0.2) is 58.5 Å². The lowest BCUT2D eigenvalue weighted by Crippen LogP contribution is -2.29. The second-order valence-corrected chi connectivity index (χ2v) is 8.81. The van der Waals surface area contributed by atoms with Crippen molar-refractivity contribution in [3.63, 3.8) is 0 Å². The quantitative estimate of drug-likeness (QED) is 0.395. The number of aromatic nitrogens is 2. The second kappa shape index (κ2) is 10.5. The highest BCUT2D eigenvalue weighted by Gasteiger charge is 2.16. The van der Waals surface area contributed by atoms with Crippen molar-refractivity contribution in [2.24, 2.45) is 5.92 Å². The van der Waals surface area contributed by atoms with Gasteiger partial charge in [-0.05, 0) is 37.5 Å². The number of hydrogen-bond acceptors (Lipinski definition) is 5. The van der Waals surface area contributed by atoms with Crippen molar-refractivity contribution in [1.29, 1.82) is 0 Å². The second-order valence-electron chi connectivity index (χ2n) is 7.87. The molecule has 7 heteroatoms. The Bertz CT molecular complexity index is 1110. The molecule has 0 aliphatic heterocycles. The maximum absolute atomic E-state index is 13.0. The molecular formula is C24H29N3O3S. The minimum atomic E-state index is -0.197. The summed E-state index contributed by atoms with van der Waals surface area (Å²) >= 11 is 1.29. The molecule has 1 N–H and O–H groups in total. The number of fused-ring (bicyclic) bond motifs is 1. The van der Waals surface area contributed by atoms with Crippen molar-refractivity contribution in [1.82, 2.24) is 14.9 Å². The predicted molar refractivity (Wildman–Crippen MR) is 126 cm³/mol. The number of thioether (sulfide) groups is 1. The Balaban J connectivity index is 1.77. The molecule has 0 aliphatic rings. The third-order valence-corrected chi connectivity index (χ3v) is 6.05. The van der Waals surface area contributed by atoms with Crippen molar-refractivity contribution in [3.8, 4) is 5.75 Å². The fourth-order valence-corrected chi connectivity index (χ4v) is 4.19. The zero-order valence-electron chi connectivity index (χ0n) is 18.4. The van der Waals surface area contributed by atoms with Crippen LogP contribution >= 0.6 is 11.8 Å². The molecule has 31 heavy (non-hydrogen) atoms. The summed E-state index contributed by atoms with van der Waals surface area (Å²) in [6, 6.07) is 14.8. The summed E-state index contributed by atoms with van der Waals surface area (Å²) < 4.78 is 7.09. The molecule has 1 unspecified atom stereocenters. The fraction of sp³-hybridized carbons (Fsp3) is 0.375. The molecule has 3 aromatic rings. The normalized spacial score (nSPS) is 12.2. The van der Waals surface area contributed by atoms with Crippen LogP contribution in [0.5, 0.6) is 5.75 Å². The summed E-state index contributed by atoms with van der Waals surface area (Å²) in [4.78, 5) is 30.3. The zero-order valence-corrected chi connectivity index (χ0v) is 19.2. The van der Waals surface area contributed by atoms with Crippen LogP contribution in [0.3, 0.4) is 0 Å². The van der Waals surface area contributed by atoms with E-state index in [0.717, 1.165) is 17.7 Å². The molecule has 0 aliphatic carbocycles. The number of benzene rings is 2. The van der Waals surface area contributed by atoms with Gasteiger partial charge < -0.3 is 10.1 Å².